The van der Waals surface area contributed by atoms with Gasteiger partial charge in [-0.05, 0) is 26.2 Å². The van der Waals surface area contributed by atoms with E-state index in [0.717, 1.165) is 0 Å². The first kappa shape index (κ1) is 20.4. The van der Waals surface area contributed by atoms with Gasteiger partial charge in [-0.1, -0.05) is 26.2 Å². The van der Waals surface area contributed by atoms with Crippen molar-refractivity contribution in [3.05, 3.63) is 0 Å². The average Bonchev–Trinajstić information content (AvgIpc) is 2.22. The molecule has 128 valence electrons. The molecule has 8 heteroatoms. The van der Waals surface area contributed by atoms with E-state index in [9.17, 15) is 35.1 Å². The van der Waals surface area contributed by atoms with Crippen molar-refractivity contribution < 1.29 is 35.1 Å². The van der Waals surface area contributed by atoms with Crippen LogP contribution in [0.4, 0.5) is 35.1 Å². The van der Waals surface area contributed by atoms with Gasteiger partial charge in [-0.25, -0.2) is 8.78 Å². The molecule has 0 heterocycles. The van der Waals surface area contributed by atoms with Crippen molar-refractivity contribution in [1.82, 2.24) is 0 Å². The van der Waals surface area contributed by atoms with Gasteiger partial charge in [-0.2, -0.15) is 26.3 Å². The molecule has 0 fully saturated rings. The molecule has 0 aliphatic rings. The molecule has 0 saturated heterocycles. The molecular weight excluding hydrogens is 308 g/mol. The molecule has 1 atom stereocenters. The Bertz CT molecular complexity index is 296. The SMILES string of the molecule is CCC(CCCC(C)(C)F)CC(F)(C(F)(F)F)C(F)(F)F. The number of halogens is 8. The van der Waals surface area contributed by atoms with Gasteiger partial charge in [0, 0.05) is 6.42 Å². The molecule has 0 aromatic heterocycles. The van der Waals surface area contributed by atoms with Crippen LogP contribution in [-0.2, 0) is 0 Å². The van der Waals surface area contributed by atoms with E-state index in [0.29, 0.717) is 0 Å². The van der Waals surface area contributed by atoms with Gasteiger partial charge in [0.25, 0.3) is 5.67 Å². The summed E-state index contributed by atoms with van der Waals surface area (Å²) in [5, 5.41) is 0. The van der Waals surface area contributed by atoms with Crippen molar-refractivity contribution in [2.24, 2.45) is 5.92 Å². The van der Waals surface area contributed by atoms with E-state index in [1.165, 1.54) is 20.8 Å². The summed E-state index contributed by atoms with van der Waals surface area (Å²) in [6, 6.07) is 0. The Labute approximate surface area is 118 Å². The van der Waals surface area contributed by atoms with Crippen LogP contribution in [0.2, 0.25) is 0 Å². The summed E-state index contributed by atoms with van der Waals surface area (Å²) in [4.78, 5) is 0. The van der Waals surface area contributed by atoms with Crippen LogP contribution < -0.4 is 0 Å². The minimum absolute atomic E-state index is 0.000815. The third-order valence-corrected chi connectivity index (χ3v) is 3.43. The fourth-order valence-corrected chi connectivity index (χ4v) is 2.05. The molecule has 0 saturated carbocycles. The van der Waals surface area contributed by atoms with Crippen molar-refractivity contribution >= 4 is 0 Å². The van der Waals surface area contributed by atoms with Gasteiger partial charge in [0.15, 0.2) is 0 Å². The van der Waals surface area contributed by atoms with Gasteiger partial charge in [-0.15, -0.1) is 0 Å². The van der Waals surface area contributed by atoms with Crippen LogP contribution in [0.1, 0.15) is 52.9 Å². The summed E-state index contributed by atoms with van der Waals surface area (Å²) in [5.41, 5.74) is -6.77. The Balaban J connectivity index is 4.90. The number of rotatable bonds is 7. The summed E-state index contributed by atoms with van der Waals surface area (Å²) in [6.07, 6.45) is -13.7. The molecule has 0 aromatic rings. The Morgan fingerprint density at radius 2 is 1.24 bits per heavy atom. The highest BCUT2D eigenvalue weighted by Crippen LogP contribution is 2.50. The van der Waals surface area contributed by atoms with E-state index < -0.39 is 36.0 Å². The second kappa shape index (κ2) is 6.69. The third-order valence-electron chi connectivity index (χ3n) is 3.43. The number of hydrogen-bond acceptors (Lipinski definition) is 0. The van der Waals surface area contributed by atoms with Crippen molar-refractivity contribution in [1.29, 1.82) is 0 Å². The Morgan fingerprint density at radius 1 is 0.810 bits per heavy atom. The van der Waals surface area contributed by atoms with Crippen LogP contribution in [0, 0.1) is 5.92 Å². The first-order chi connectivity index (χ1) is 9.14. The zero-order valence-corrected chi connectivity index (χ0v) is 12.1. The minimum atomic E-state index is -6.02. The lowest BCUT2D eigenvalue weighted by atomic mass is 9.85. The summed E-state index contributed by atoms with van der Waals surface area (Å²) >= 11 is 0. The molecule has 0 rings (SSSR count). The van der Waals surface area contributed by atoms with Crippen molar-refractivity contribution in [3.63, 3.8) is 0 Å². The molecular formula is C13H20F8. The van der Waals surface area contributed by atoms with E-state index in [2.05, 4.69) is 0 Å². The van der Waals surface area contributed by atoms with E-state index in [1.54, 1.807) is 0 Å². The van der Waals surface area contributed by atoms with Crippen LogP contribution in [-0.4, -0.2) is 23.7 Å². The first-order valence-corrected chi connectivity index (χ1v) is 6.65. The summed E-state index contributed by atoms with van der Waals surface area (Å²) in [7, 11) is 0. The Kier molecular flexibility index (Phi) is 6.51. The first-order valence-electron chi connectivity index (χ1n) is 6.65. The zero-order valence-electron chi connectivity index (χ0n) is 12.1. The van der Waals surface area contributed by atoms with Crippen LogP contribution >= 0.6 is 0 Å². The molecule has 21 heavy (non-hydrogen) atoms. The van der Waals surface area contributed by atoms with Gasteiger partial charge in [-0.3, -0.25) is 0 Å². The lowest BCUT2D eigenvalue weighted by molar-refractivity contribution is -0.346. The quantitative estimate of drug-likeness (QED) is 0.491. The Morgan fingerprint density at radius 3 is 1.52 bits per heavy atom. The highest BCUT2D eigenvalue weighted by molar-refractivity contribution is 4.96. The molecule has 0 bridgehead atoms. The molecule has 0 aliphatic heterocycles. The van der Waals surface area contributed by atoms with Gasteiger partial charge in [0.2, 0.25) is 0 Å². The fourth-order valence-electron chi connectivity index (χ4n) is 2.05. The van der Waals surface area contributed by atoms with Crippen LogP contribution in [0.25, 0.3) is 0 Å². The monoisotopic (exact) mass is 328 g/mol. The van der Waals surface area contributed by atoms with Crippen LogP contribution in [0.15, 0.2) is 0 Å². The molecule has 1 unspecified atom stereocenters. The fraction of sp³-hybridized carbons (Fsp3) is 1.00. The summed E-state index contributed by atoms with van der Waals surface area (Å²) in [6.45, 7) is 3.91. The van der Waals surface area contributed by atoms with E-state index in [-0.39, 0.29) is 25.7 Å². The van der Waals surface area contributed by atoms with Crippen LogP contribution in [0.3, 0.4) is 0 Å². The van der Waals surface area contributed by atoms with Crippen molar-refractivity contribution in [3.8, 4) is 0 Å². The van der Waals surface area contributed by atoms with Gasteiger partial charge in [0.1, 0.15) is 5.67 Å². The predicted octanol–water partition coefficient (Wildman–Crippen LogP) is 6.15. The van der Waals surface area contributed by atoms with Gasteiger partial charge in [0.05, 0.1) is 0 Å². The zero-order chi connectivity index (χ0) is 17.1. The van der Waals surface area contributed by atoms with Crippen molar-refractivity contribution in [2.45, 2.75) is 76.6 Å². The maximum Gasteiger partial charge on any atom is 0.431 e. The highest BCUT2D eigenvalue weighted by atomic mass is 19.4. The minimum Gasteiger partial charge on any atom is -0.245 e. The van der Waals surface area contributed by atoms with E-state index >= 15 is 0 Å². The predicted molar refractivity (Wildman–Crippen MR) is 63.4 cm³/mol. The standard InChI is InChI=1S/C13H20F8/c1-4-9(6-5-7-10(2,3)14)8-11(15,12(16,17)18)13(19,20)21/h9H,4-8H2,1-3H3. The normalized spacial score (nSPS) is 16.1. The second-order valence-electron chi connectivity index (χ2n) is 5.89. The maximum atomic E-state index is 13.6. The lowest BCUT2D eigenvalue weighted by Crippen LogP contribution is -2.54. The van der Waals surface area contributed by atoms with Crippen LogP contribution in [0.5, 0.6) is 0 Å². The lowest BCUT2D eigenvalue weighted by Gasteiger charge is -2.33. The molecule has 0 spiro atoms. The molecule has 0 amide bonds. The molecule has 0 aromatic carbocycles. The van der Waals surface area contributed by atoms with E-state index in [1.807, 2.05) is 0 Å². The number of alkyl halides is 8. The molecule has 0 nitrogen and oxygen atoms in total. The maximum absolute atomic E-state index is 13.6. The van der Waals surface area contributed by atoms with Gasteiger partial charge >= 0.3 is 12.4 Å². The third kappa shape index (κ3) is 5.98. The molecule has 0 aliphatic carbocycles. The Hall–Kier alpha value is -0.560. The summed E-state index contributed by atoms with van der Waals surface area (Å²) in [5.74, 6) is -1.11. The summed E-state index contributed by atoms with van der Waals surface area (Å²) < 4.78 is 102. The van der Waals surface area contributed by atoms with Crippen molar-refractivity contribution in [2.75, 3.05) is 0 Å². The average molecular weight is 328 g/mol. The topological polar surface area (TPSA) is 0 Å². The highest BCUT2D eigenvalue weighted by Gasteiger charge is 2.72. The second-order valence-corrected chi connectivity index (χ2v) is 5.89. The molecule has 0 radical (unpaired) electrons. The molecule has 0 N–H and O–H groups in total. The number of hydrogen-bond donors (Lipinski definition) is 0. The van der Waals surface area contributed by atoms with Gasteiger partial charge < -0.3 is 0 Å². The van der Waals surface area contributed by atoms with E-state index in [4.69, 9.17) is 0 Å². The smallest absolute Gasteiger partial charge is 0.245 e. The largest absolute Gasteiger partial charge is 0.431 e.